The summed E-state index contributed by atoms with van der Waals surface area (Å²) in [5.74, 6) is -1.05. The minimum absolute atomic E-state index is 0.0906. The zero-order chi connectivity index (χ0) is 12.5. The molecule has 1 unspecified atom stereocenters. The lowest BCUT2D eigenvalue weighted by Gasteiger charge is -2.23. The maximum Gasteiger partial charge on any atom is 0.335 e. The number of carboxylic acid groups (broad SMARTS) is 1. The molecule has 88 valence electrons. The molecule has 1 aliphatic heterocycles. The number of benzene rings is 1. The third kappa shape index (κ3) is 2.00. The van der Waals surface area contributed by atoms with Crippen LogP contribution >= 0.6 is 0 Å². The van der Waals surface area contributed by atoms with E-state index >= 15 is 0 Å². The van der Waals surface area contributed by atoms with Crippen LogP contribution in [-0.4, -0.2) is 24.3 Å². The standard InChI is InChI=1S/C12H12N2O3/c13-6-9-5-8(11(15)16)1-2-10(9)12(14)3-4-17-7-12/h1-2,5H,3-4,7,14H2,(H,15,16). The maximum absolute atomic E-state index is 10.8. The number of nitriles is 1. The van der Waals surface area contributed by atoms with Crippen LogP contribution in [-0.2, 0) is 10.3 Å². The molecule has 0 amide bonds. The van der Waals surface area contributed by atoms with Crippen molar-refractivity contribution in [3.63, 3.8) is 0 Å². The fourth-order valence-corrected chi connectivity index (χ4v) is 2.00. The second kappa shape index (κ2) is 4.17. The Labute approximate surface area is 98.4 Å². The Hall–Kier alpha value is -1.90. The van der Waals surface area contributed by atoms with Crippen molar-refractivity contribution in [3.05, 3.63) is 34.9 Å². The second-order valence-electron chi connectivity index (χ2n) is 4.14. The number of carbonyl (C=O) groups is 1. The normalized spacial score (nSPS) is 23.3. The third-order valence-electron chi connectivity index (χ3n) is 2.98. The molecular weight excluding hydrogens is 220 g/mol. The van der Waals surface area contributed by atoms with E-state index in [1.807, 2.05) is 6.07 Å². The van der Waals surface area contributed by atoms with Gasteiger partial charge in [0.2, 0.25) is 0 Å². The van der Waals surface area contributed by atoms with Gasteiger partial charge in [0, 0.05) is 6.61 Å². The number of aromatic carboxylic acids is 1. The van der Waals surface area contributed by atoms with Crippen molar-refractivity contribution in [1.29, 1.82) is 5.26 Å². The van der Waals surface area contributed by atoms with Crippen molar-refractivity contribution in [2.45, 2.75) is 12.0 Å². The molecule has 0 bridgehead atoms. The Bertz CT molecular complexity index is 499. The molecule has 0 aliphatic carbocycles. The van der Waals surface area contributed by atoms with E-state index in [0.29, 0.717) is 30.8 Å². The number of ether oxygens (including phenoxy) is 1. The van der Waals surface area contributed by atoms with Crippen LogP contribution < -0.4 is 5.73 Å². The largest absolute Gasteiger partial charge is 0.478 e. The molecule has 3 N–H and O–H groups in total. The molecule has 0 saturated carbocycles. The van der Waals surface area contributed by atoms with Crippen LogP contribution in [0.5, 0.6) is 0 Å². The lowest BCUT2D eigenvalue weighted by atomic mass is 9.86. The van der Waals surface area contributed by atoms with Gasteiger partial charge in [0.05, 0.1) is 29.3 Å². The van der Waals surface area contributed by atoms with Crippen LogP contribution in [0.25, 0.3) is 0 Å². The van der Waals surface area contributed by atoms with Crippen molar-refractivity contribution >= 4 is 5.97 Å². The van der Waals surface area contributed by atoms with Gasteiger partial charge < -0.3 is 15.6 Å². The van der Waals surface area contributed by atoms with Gasteiger partial charge >= 0.3 is 5.97 Å². The molecule has 1 aromatic rings. The van der Waals surface area contributed by atoms with Gasteiger partial charge in [0.25, 0.3) is 0 Å². The minimum Gasteiger partial charge on any atom is -0.478 e. The molecule has 1 saturated heterocycles. The number of hydrogen-bond donors (Lipinski definition) is 2. The topological polar surface area (TPSA) is 96.3 Å². The first-order chi connectivity index (χ1) is 8.07. The van der Waals surface area contributed by atoms with E-state index in [4.69, 9.17) is 20.8 Å². The smallest absolute Gasteiger partial charge is 0.335 e. The molecule has 5 nitrogen and oxygen atoms in total. The molecule has 0 radical (unpaired) electrons. The zero-order valence-electron chi connectivity index (χ0n) is 9.14. The molecule has 1 atom stereocenters. The predicted octanol–water partition coefficient (Wildman–Crippen LogP) is 0.831. The van der Waals surface area contributed by atoms with E-state index in [9.17, 15) is 4.79 Å². The molecular formula is C12H12N2O3. The van der Waals surface area contributed by atoms with Crippen molar-refractivity contribution < 1.29 is 14.6 Å². The first-order valence-corrected chi connectivity index (χ1v) is 5.21. The van der Waals surface area contributed by atoms with Crippen molar-refractivity contribution in [1.82, 2.24) is 0 Å². The summed E-state index contributed by atoms with van der Waals surface area (Å²) in [6, 6.07) is 6.42. The van der Waals surface area contributed by atoms with E-state index in [1.165, 1.54) is 12.1 Å². The SMILES string of the molecule is N#Cc1cc(C(=O)O)ccc1C1(N)CCOC1. The minimum atomic E-state index is -1.05. The summed E-state index contributed by atoms with van der Waals surface area (Å²) in [6.45, 7) is 0.913. The summed E-state index contributed by atoms with van der Waals surface area (Å²) in [7, 11) is 0. The fourth-order valence-electron chi connectivity index (χ4n) is 2.00. The van der Waals surface area contributed by atoms with Crippen molar-refractivity contribution in [2.75, 3.05) is 13.2 Å². The van der Waals surface area contributed by atoms with Gasteiger partial charge in [0.1, 0.15) is 0 Å². The van der Waals surface area contributed by atoms with Gasteiger partial charge in [-0.15, -0.1) is 0 Å². The summed E-state index contributed by atoms with van der Waals surface area (Å²) < 4.78 is 5.24. The molecule has 0 aromatic heterocycles. The van der Waals surface area contributed by atoms with Gasteiger partial charge in [-0.2, -0.15) is 5.26 Å². The Morgan fingerprint density at radius 3 is 2.88 bits per heavy atom. The highest BCUT2D eigenvalue weighted by Crippen LogP contribution is 2.30. The van der Waals surface area contributed by atoms with Gasteiger partial charge in [-0.1, -0.05) is 6.07 Å². The van der Waals surface area contributed by atoms with E-state index in [-0.39, 0.29) is 5.56 Å². The Morgan fingerprint density at radius 1 is 1.59 bits per heavy atom. The van der Waals surface area contributed by atoms with Crippen molar-refractivity contribution in [3.8, 4) is 6.07 Å². The highest BCUT2D eigenvalue weighted by Gasteiger charge is 2.34. The van der Waals surface area contributed by atoms with Crippen molar-refractivity contribution in [2.24, 2.45) is 5.73 Å². The highest BCUT2D eigenvalue weighted by atomic mass is 16.5. The van der Waals surface area contributed by atoms with E-state index < -0.39 is 11.5 Å². The Morgan fingerprint density at radius 2 is 2.35 bits per heavy atom. The monoisotopic (exact) mass is 232 g/mol. The molecule has 1 fully saturated rings. The lowest BCUT2D eigenvalue weighted by Crippen LogP contribution is -2.37. The van der Waals surface area contributed by atoms with E-state index in [2.05, 4.69) is 0 Å². The van der Waals surface area contributed by atoms with Crippen LogP contribution in [0.1, 0.15) is 27.9 Å². The van der Waals surface area contributed by atoms with Gasteiger partial charge in [0.15, 0.2) is 0 Å². The number of hydrogen-bond acceptors (Lipinski definition) is 4. The van der Waals surface area contributed by atoms with E-state index in [0.717, 1.165) is 0 Å². The maximum atomic E-state index is 10.8. The summed E-state index contributed by atoms with van der Waals surface area (Å²) in [4.78, 5) is 10.8. The molecule has 0 spiro atoms. The fraction of sp³-hybridized carbons (Fsp3) is 0.333. The molecule has 1 aliphatic rings. The number of rotatable bonds is 2. The third-order valence-corrected chi connectivity index (χ3v) is 2.98. The van der Waals surface area contributed by atoms with E-state index in [1.54, 1.807) is 6.07 Å². The molecule has 17 heavy (non-hydrogen) atoms. The van der Waals surface area contributed by atoms with Crippen LogP contribution in [0, 0.1) is 11.3 Å². The van der Waals surface area contributed by atoms with Crippen LogP contribution in [0.3, 0.4) is 0 Å². The number of carboxylic acids is 1. The Balaban J connectivity index is 2.48. The summed E-state index contributed by atoms with van der Waals surface area (Å²) >= 11 is 0. The van der Waals surface area contributed by atoms with Gasteiger partial charge in [-0.05, 0) is 24.1 Å². The zero-order valence-corrected chi connectivity index (χ0v) is 9.14. The summed E-state index contributed by atoms with van der Waals surface area (Å²) in [5.41, 5.74) is 6.53. The molecule has 5 heteroatoms. The highest BCUT2D eigenvalue weighted by molar-refractivity contribution is 5.88. The van der Waals surface area contributed by atoms with Crippen LogP contribution in [0.4, 0.5) is 0 Å². The van der Waals surface area contributed by atoms with Gasteiger partial charge in [-0.3, -0.25) is 0 Å². The first kappa shape index (κ1) is 11.6. The summed E-state index contributed by atoms with van der Waals surface area (Å²) in [6.07, 6.45) is 0.633. The molecule has 1 aromatic carbocycles. The second-order valence-corrected chi connectivity index (χ2v) is 4.14. The number of nitrogens with two attached hydrogens (primary N) is 1. The summed E-state index contributed by atoms with van der Waals surface area (Å²) in [5, 5.41) is 17.9. The molecule has 1 heterocycles. The van der Waals surface area contributed by atoms with Gasteiger partial charge in [-0.25, -0.2) is 4.79 Å². The molecule has 2 rings (SSSR count). The first-order valence-electron chi connectivity index (χ1n) is 5.21. The average Bonchev–Trinajstić information content (AvgIpc) is 2.76. The Kier molecular flexibility index (Phi) is 2.84. The lowest BCUT2D eigenvalue weighted by molar-refractivity contribution is 0.0697. The van der Waals surface area contributed by atoms with Crippen LogP contribution in [0.15, 0.2) is 18.2 Å². The quantitative estimate of drug-likeness (QED) is 0.787. The predicted molar refractivity (Wildman–Crippen MR) is 59.4 cm³/mol. The van der Waals surface area contributed by atoms with Crippen LogP contribution in [0.2, 0.25) is 0 Å². The average molecular weight is 232 g/mol. The number of nitrogens with zero attached hydrogens (tertiary/aromatic N) is 1.